The lowest BCUT2D eigenvalue weighted by Gasteiger charge is -2.16. The Balaban J connectivity index is 3.60. The van der Waals surface area contributed by atoms with Crippen molar-refractivity contribution in [3.05, 3.63) is 0 Å². The van der Waals surface area contributed by atoms with Gasteiger partial charge in [0.2, 0.25) is 0 Å². The van der Waals surface area contributed by atoms with Crippen LogP contribution in [0.15, 0.2) is 0 Å². The lowest BCUT2D eigenvalue weighted by Crippen LogP contribution is -2.27. The summed E-state index contributed by atoms with van der Waals surface area (Å²) in [6, 6.07) is 0. The largest absolute Gasteiger partial charge is 0.433 e. The van der Waals surface area contributed by atoms with E-state index in [1.807, 2.05) is 36.4 Å². The van der Waals surface area contributed by atoms with Crippen LogP contribution in [0.5, 0.6) is 0 Å². The summed E-state index contributed by atoms with van der Waals surface area (Å²) in [6.45, 7) is 3.62. The topological polar surface area (TPSA) is 38.3 Å². The molecule has 0 unspecified atom stereocenters. The number of carbonyl (C=O) groups is 1. The number of rotatable bonds is 1. The van der Waals surface area contributed by atoms with Gasteiger partial charge < -0.3 is 10.1 Å². The first-order valence-electron chi connectivity index (χ1n) is 2.55. The molecule has 0 saturated carbocycles. The van der Waals surface area contributed by atoms with Crippen LogP contribution in [0.25, 0.3) is 0 Å². The molecule has 0 atom stereocenters. The zero-order chi connectivity index (χ0) is 7.49. The highest BCUT2D eigenvalue weighted by atomic mass is 127. The van der Waals surface area contributed by atoms with E-state index in [1.165, 1.54) is 7.05 Å². The lowest BCUT2D eigenvalue weighted by atomic mass is 10.5. The average molecular weight is 243 g/mol. The van der Waals surface area contributed by atoms with Gasteiger partial charge in [-0.3, -0.25) is 0 Å². The highest BCUT2D eigenvalue weighted by Gasteiger charge is 2.16. The third kappa shape index (κ3) is 5.88. The second kappa shape index (κ2) is 3.24. The Morgan fingerprint density at radius 2 is 2.11 bits per heavy atom. The molecule has 0 aromatic heterocycles. The number of halogens is 1. The van der Waals surface area contributed by atoms with Gasteiger partial charge in [0.25, 0.3) is 0 Å². The molecule has 4 heteroatoms. The molecule has 0 aliphatic heterocycles. The van der Waals surface area contributed by atoms with Crippen LogP contribution in [0.1, 0.15) is 13.8 Å². The van der Waals surface area contributed by atoms with Crippen molar-refractivity contribution in [3.8, 4) is 0 Å². The predicted octanol–water partition coefficient (Wildman–Crippen LogP) is 1.51. The molecule has 0 aliphatic rings. The summed E-state index contributed by atoms with van der Waals surface area (Å²) in [5.41, 5.74) is 0. The monoisotopic (exact) mass is 243 g/mol. The molecular formula is C5H10INO2. The van der Waals surface area contributed by atoms with Crippen molar-refractivity contribution in [2.24, 2.45) is 0 Å². The number of nitrogens with one attached hydrogen (secondary N) is 1. The SMILES string of the molecule is CNC(=O)OC(C)(C)I. The minimum Gasteiger partial charge on any atom is -0.433 e. The van der Waals surface area contributed by atoms with E-state index >= 15 is 0 Å². The van der Waals surface area contributed by atoms with Gasteiger partial charge in [-0.1, -0.05) is 0 Å². The van der Waals surface area contributed by atoms with E-state index < -0.39 is 9.70 Å². The third-order valence-corrected chi connectivity index (χ3v) is 0.760. The summed E-state index contributed by atoms with van der Waals surface area (Å²) in [5.74, 6) is 0. The van der Waals surface area contributed by atoms with Crippen molar-refractivity contribution < 1.29 is 9.53 Å². The number of amides is 1. The van der Waals surface area contributed by atoms with Crippen molar-refractivity contribution in [2.75, 3.05) is 7.05 Å². The molecule has 1 N–H and O–H groups in total. The molecule has 3 nitrogen and oxygen atoms in total. The first-order valence-corrected chi connectivity index (χ1v) is 3.63. The van der Waals surface area contributed by atoms with Gasteiger partial charge in [-0.2, -0.15) is 0 Å². The molecule has 54 valence electrons. The maximum atomic E-state index is 10.5. The first-order chi connectivity index (χ1) is 3.95. The van der Waals surface area contributed by atoms with Crippen molar-refractivity contribution in [1.82, 2.24) is 5.32 Å². The quantitative estimate of drug-likeness (QED) is 0.560. The Kier molecular flexibility index (Phi) is 3.24. The Bertz CT molecular complexity index is 108. The van der Waals surface area contributed by atoms with E-state index in [0.717, 1.165) is 0 Å². The highest BCUT2D eigenvalue weighted by Crippen LogP contribution is 2.17. The molecule has 0 fully saturated rings. The van der Waals surface area contributed by atoms with Crippen LogP contribution in [-0.2, 0) is 4.74 Å². The van der Waals surface area contributed by atoms with Gasteiger partial charge in [0.1, 0.15) is 0 Å². The van der Waals surface area contributed by atoms with Crippen LogP contribution >= 0.6 is 22.6 Å². The van der Waals surface area contributed by atoms with Gasteiger partial charge in [-0.25, -0.2) is 4.79 Å². The normalized spacial score (nSPS) is 10.7. The molecule has 0 saturated heterocycles. The second-order valence-electron chi connectivity index (χ2n) is 2.00. The second-order valence-corrected chi connectivity index (χ2v) is 4.60. The molecule has 0 heterocycles. The Morgan fingerprint density at radius 1 is 1.67 bits per heavy atom. The van der Waals surface area contributed by atoms with Gasteiger partial charge in [0, 0.05) is 7.05 Å². The molecule has 0 rings (SSSR count). The summed E-state index contributed by atoms with van der Waals surface area (Å²) in [4.78, 5) is 10.5. The van der Waals surface area contributed by atoms with Crippen molar-refractivity contribution in [2.45, 2.75) is 17.5 Å². The number of hydrogen-bond acceptors (Lipinski definition) is 2. The third-order valence-electron chi connectivity index (χ3n) is 0.540. The Labute approximate surface area is 68.3 Å². The average Bonchev–Trinajstić information content (AvgIpc) is 1.62. The van der Waals surface area contributed by atoms with E-state index in [0.29, 0.717) is 0 Å². The van der Waals surface area contributed by atoms with Crippen LogP contribution in [-0.4, -0.2) is 16.7 Å². The Morgan fingerprint density at radius 3 is 2.22 bits per heavy atom. The zero-order valence-electron chi connectivity index (χ0n) is 5.69. The molecule has 1 amide bonds. The molecular weight excluding hydrogens is 233 g/mol. The van der Waals surface area contributed by atoms with E-state index in [1.54, 1.807) is 0 Å². The summed E-state index contributed by atoms with van der Waals surface area (Å²) in [6.07, 6.45) is -0.394. The smallest absolute Gasteiger partial charge is 0.408 e. The Hall–Kier alpha value is 0. The van der Waals surface area contributed by atoms with Crippen LogP contribution in [0, 0.1) is 0 Å². The van der Waals surface area contributed by atoms with E-state index in [2.05, 4.69) is 5.32 Å². The summed E-state index contributed by atoms with van der Waals surface area (Å²) < 4.78 is 4.40. The minimum absolute atomic E-state index is 0.394. The highest BCUT2D eigenvalue weighted by molar-refractivity contribution is 14.1. The van der Waals surface area contributed by atoms with Crippen molar-refractivity contribution >= 4 is 28.7 Å². The maximum Gasteiger partial charge on any atom is 0.408 e. The van der Waals surface area contributed by atoms with Gasteiger partial charge >= 0.3 is 6.09 Å². The molecule has 0 spiro atoms. The molecule has 0 aliphatic carbocycles. The fourth-order valence-corrected chi connectivity index (χ4v) is 0.471. The summed E-state index contributed by atoms with van der Waals surface area (Å²) in [7, 11) is 1.53. The fraction of sp³-hybridized carbons (Fsp3) is 0.800. The zero-order valence-corrected chi connectivity index (χ0v) is 7.85. The first kappa shape index (κ1) is 9.00. The van der Waals surface area contributed by atoms with Gasteiger partial charge in [0.05, 0.1) is 0 Å². The van der Waals surface area contributed by atoms with Crippen molar-refractivity contribution in [1.29, 1.82) is 0 Å². The summed E-state index contributed by atoms with van der Waals surface area (Å²) in [5, 5.41) is 2.36. The molecule has 9 heavy (non-hydrogen) atoms. The lowest BCUT2D eigenvalue weighted by molar-refractivity contribution is 0.109. The summed E-state index contributed by atoms with van der Waals surface area (Å²) >= 11 is 2.03. The number of ether oxygens (including phenoxy) is 1. The van der Waals surface area contributed by atoms with Crippen LogP contribution in [0.2, 0.25) is 0 Å². The number of alkyl halides is 1. The standard InChI is InChI=1S/C5H10INO2/c1-5(2,6)9-4(8)7-3/h1-3H3,(H,7,8). The molecule has 0 aromatic rings. The van der Waals surface area contributed by atoms with Crippen LogP contribution < -0.4 is 5.32 Å². The number of carbonyl (C=O) groups excluding carboxylic acids is 1. The van der Waals surface area contributed by atoms with E-state index in [9.17, 15) is 4.79 Å². The predicted molar refractivity (Wildman–Crippen MR) is 43.6 cm³/mol. The van der Waals surface area contributed by atoms with Crippen LogP contribution in [0.3, 0.4) is 0 Å². The van der Waals surface area contributed by atoms with Gasteiger partial charge in [0.15, 0.2) is 3.61 Å². The van der Waals surface area contributed by atoms with Crippen LogP contribution in [0.4, 0.5) is 4.79 Å². The van der Waals surface area contributed by atoms with E-state index in [4.69, 9.17) is 4.74 Å². The minimum atomic E-state index is -0.419. The van der Waals surface area contributed by atoms with Gasteiger partial charge in [-0.15, -0.1) is 0 Å². The fourth-order valence-electron chi connectivity index (χ4n) is 0.271. The maximum absolute atomic E-state index is 10.5. The molecule has 0 bridgehead atoms. The number of alkyl carbamates (subject to hydrolysis) is 1. The number of hydrogen-bond donors (Lipinski definition) is 1. The van der Waals surface area contributed by atoms with E-state index in [-0.39, 0.29) is 0 Å². The molecule has 0 aromatic carbocycles. The molecule has 0 radical (unpaired) electrons. The van der Waals surface area contributed by atoms with Gasteiger partial charge in [-0.05, 0) is 36.4 Å². The van der Waals surface area contributed by atoms with Crippen molar-refractivity contribution in [3.63, 3.8) is 0 Å².